The zero-order valence-corrected chi connectivity index (χ0v) is 16.7. The molecular weight excluding hydrogens is 390 g/mol. The molecule has 0 atom stereocenters. The van der Waals surface area contributed by atoms with Crippen LogP contribution in [0, 0.1) is 6.92 Å². The van der Waals surface area contributed by atoms with Crippen LogP contribution in [0.1, 0.15) is 31.3 Å². The molecule has 0 fully saturated rings. The molecule has 0 saturated heterocycles. The highest BCUT2D eigenvalue weighted by atomic mass is 32.1. The van der Waals surface area contributed by atoms with E-state index in [4.69, 9.17) is 0 Å². The van der Waals surface area contributed by atoms with E-state index in [1.807, 2.05) is 54.8 Å². The van der Waals surface area contributed by atoms with Crippen molar-refractivity contribution in [3.8, 4) is 0 Å². The summed E-state index contributed by atoms with van der Waals surface area (Å²) in [6.07, 6.45) is 0. The molecule has 2 amide bonds. The lowest BCUT2D eigenvalue weighted by Gasteiger charge is -2.10. The van der Waals surface area contributed by atoms with Crippen molar-refractivity contribution in [1.29, 1.82) is 0 Å². The van der Waals surface area contributed by atoms with E-state index in [2.05, 4.69) is 15.0 Å². The predicted octanol–water partition coefficient (Wildman–Crippen LogP) is 4.85. The monoisotopic (exact) mass is 407 g/mol. The fourth-order valence-corrected chi connectivity index (χ4v) is 4.23. The number of anilines is 1. The first kappa shape index (κ1) is 18.3. The van der Waals surface area contributed by atoms with Crippen molar-refractivity contribution in [3.05, 3.63) is 81.7 Å². The van der Waals surface area contributed by atoms with Crippen molar-refractivity contribution in [3.63, 3.8) is 0 Å². The Morgan fingerprint density at radius 3 is 2.71 bits per heavy atom. The Kier molecular flexibility index (Phi) is 5.18. The average molecular weight is 408 g/mol. The van der Waals surface area contributed by atoms with E-state index in [1.54, 1.807) is 23.5 Å². The van der Waals surface area contributed by atoms with Crippen LogP contribution >= 0.6 is 22.9 Å². The molecule has 0 spiro atoms. The summed E-state index contributed by atoms with van der Waals surface area (Å²) in [7, 11) is 0. The Labute approximate surface area is 170 Å². The third-order valence-corrected chi connectivity index (χ3v) is 6.05. The molecule has 4 aromatic rings. The number of fused-ring (bicyclic) bond motifs is 1. The number of carbonyl (C=O) groups excluding carboxylic acids is 2. The summed E-state index contributed by atoms with van der Waals surface area (Å²) in [5.74, 6) is -0.459. The molecule has 0 aliphatic heterocycles. The summed E-state index contributed by atoms with van der Waals surface area (Å²) in [6, 6.07) is 16.8. The molecule has 0 radical (unpaired) electrons. The Balaban J connectivity index is 1.52. The number of nitrogens with one attached hydrogen (secondary N) is 2. The van der Waals surface area contributed by atoms with Crippen LogP contribution in [0.3, 0.4) is 0 Å². The van der Waals surface area contributed by atoms with E-state index in [0.29, 0.717) is 23.5 Å². The van der Waals surface area contributed by atoms with Gasteiger partial charge in [-0.1, -0.05) is 30.3 Å². The van der Waals surface area contributed by atoms with E-state index >= 15 is 0 Å². The minimum absolute atomic E-state index is 0.178. The Hall–Kier alpha value is -3.03. The van der Waals surface area contributed by atoms with Crippen molar-refractivity contribution < 1.29 is 9.59 Å². The fraction of sp³-hybridized carbons (Fsp3) is 0.0952. The summed E-state index contributed by atoms with van der Waals surface area (Å²) in [5.41, 5.74) is 2.38. The van der Waals surface area contributed by atoms with Gasteiger partial charge in [-0.05, 0) is 53.7 Å². The first-order valence-corrected chi connectivity index (χ1v) is 10.3. The van der Waals surface area contributed by atoms with E-state index in [0.717, 1.165) is 20.5 Å². The molecular formula is C21H17N3O2S2. The van der Waals surface area contributed by atoms with Gasteiger partial charge < -0.3 is 10.6 Å². The molecule has 0 aliphatic carbocycles. The zero-order chi connectivity index (χ0) is 19.5. The van der Waals surface area contributed by atoms with Crippen LogP contribution in [0.25, 0.3) is 10.1 Å². The molecule has 7 heteroatoms. The van der Waals surface area contributed by atoms with Gasteiger partial charge in [-0.2, -0.15) is 4.37 Å². The van der Waals surface area contributed by atoms with Crippen LogP contribution in [0.2, 0.25) is 0 Å². The molecule has 2 aromatic heterocycles. The maximum Gasteiger partial charge on any atom is 0.276 e. The minimum atomic E-state index is -0.281. The number of thiophene rings is 1. The second-order valence-corrected chi connectivity index (χ2v) is 8.11. The molecule has 4 rings (SSSR count). The van der Waals surface area contributed by atoms with Gasteiger partial charge in [0.1, 0.15) is 5.69 Å². The number of aromatic nitrogens is 1. The van der Waals surface area contributed by atoms with Crippen LogP contribution in [0.5, 0.6) is 0 Å². The van der Waals surface area contributed by atoms with Gasteiger partial charge in [-0.3, -0.25) is 9.59 Å². The van der Waals surface area contributed by atoms with Crippen molar-refractivity contribution in [2.24, 2.45) is 0 Å². The third-order valence-electron chi connectivity index (χ3n) is 4.34. The summed E-state index contributed by atoms with van der Waals surface area (Å²) >= 11 is 2.89. The van der Waals surface area contributed by atoms with Gasteiger partial charge in [-0.15, -0.1) is 11.3 Å². The van der Waals surface area contributed by atoms with Crippen molar-refractivity contribution >= 4 is 50.5 Å². The molecule has 5 nitrogen and oxygen atoms in total. The minimum Gasteiger partial charge on any atom is -0.347 e. The topological polar surface area (TPSA) is 71.1 Å². The summed E-state index contributed by atoms with van der Waals surface area (Å²) in [5, 5.41) is 8.60. The number of benzene rings is 2. The van der Waals surface area contributed by atoms with Crippen molar-refractivity contribution in [1.82, 2.24) is 9.69 Å². The quantitative estimate of drug-likeness (QED) is 0.497. The van der Waals surface area contributed by atoms with Crippen LogP contribution in [-0.2, 0) is 6.54 Å². The maximum absolute atomic E-state index is 12.7. The summed E-state index contributed by atoms with van der Waals surface area (Å²) < 4.78 is 5.25. The first-order chi connectivity index (χ1) is 13.6. The van der Waals surface area contributed by atoms with Gasteiger partial charge >= 0.3 is 0 Å². The first-order valence-electron chi connectivity index (χ1n) is 8.69. The molecule has 0 aliphatic rings. The molecule has 0 bridgehead atoms. The zero-order valence-electron chi connectivity index (χ0n) is 15.1. The number of hydrogen-bond donors (Lipinski definition) is 2. The molecule has 2 aromatic carbocycles. The van der Waals surface area contributed by atoms with Gasteiger partial charge in [0.25, 0.3) is 11.8 Å². The largest absolute Gasteiger partial charge is 0.347 e. The van der Waals surface area contributed by atoms with E-state index in [-0.39, 0.29) is 11.8 Å². The van der Waals surface area contributed by atoms with Crippen LogP contribution in [-0.4, -0.2) is 16.2 Å². The van der Waals surface area contributed by atoms with Crippen LogP contribution in [0.15, 0.2) is 60.0 Å². The number of amides is 2. The van der Waals surface area contributed by atoms with E-state index < -0.39 is 0 Å². The molecule has 0 saturated carbocycles. The SMILES string of the molecule is Cc1ccc(C(=O)NCc2cccs2)cc1NC(=O)c1nsc2ccccc12. The highest BCUT2D eigenvalue weighted by molar-refractivity contribution is 7.13. The number of aryl methyl sites for hydroxylation is 1. The van der Waals surface area contributed by atoms with Crippen molar-refractivity contribution in [2.75, 3.05) is 5.32 Å². The lowest BCUT2D eigenvalue weighted by molar-refractivity contribution is 0.0950. The Bertz CT molecular complexity index is 1150. The lowest BCUT2D eigenvalue weighted by atomic mass is 10.1. The smallest absolute Gasteiger partial charge is 0.276 e. The molecule has 140 valence electrons. The second kappa shape index (κ2) is 7.92. The maximum atomic E-state index is 12.7. The van der Waals surface area contributed by atoms with E-state index in [1.165, 1.54) is 11.5 Å². The predicted molar refractivity (Wildman–Crippen MR) is 114 cm³/mol. The second-order valence-electron chi connectivity index (χ2n) is 6.27. The molecule has 2 N–H and O–H groups in total. The normalized spacial score (nSPS) is 10.8. The van der Waals surface area contributed by atoms with Gasteiger partial charge in [0.2, 0.25) is 0 Å². The van der Waals surface area contributed by atoms with Gasteiger partial charge in [0, 0.05) is 21.5 Å². The molecule has 28 heavy (non-hydrogen) atoms. The van der Waals surface area contributed by atoms with Crippen LogP contribution < -0.4 is 10.6 Å². The molecule has 0 unspecified atom stereocenters. The summed E-state index contributed by atoms with van der Waals surface area (Å²) in [6.45, 7) is 2.37. The van der Waals surface area contributed by atoms with Gasteiger partial charge in [0.15, 0.2) is 0 Å². The molecule has 2 heterocycles. The van der Waals surface area contributed by atoms with Gasteiger partial charge in [0.05, 0.1) is 11.2 Å². The fourth-order valence-electron chi connectivity index (χ4n) is 2.81. The Morgan fingerprint density at radius 1 is 1.04 bits per heavy atom. The third kappa shape index (κ3) is 3.81. The average Bonchev–Trinajstić information content (AvgIpc) is 3.37. The van der Waals surface area contributed by atoms with E-state index in [9.17, 15) is 9.59 Å². The number of nitrogens with zero attached hydrogens (tertiary/aromatic N) is 1. The Morgan fingerprint density at radius 2 is 1.89 bits per heavy atom. The highest BCUT2D eigenvalue weighted by Gasteiger charge is 2.16. The lowest BCUT2D eigenvalue weighted by Crippen LogP contribution is -2.22. The summed E-state index contributed by atoms with van der Waals surface area (Å²) in [4.78, 5) is 26.3. The van der Waals surface area contributed by atoms with Gasteiger partial charge in [-0.25, -0.2) is 0 Å². The number of hydrogen-bond acceptors (Lipinski definition) is 5. The number of carbonyl (C=O) groups is 2. The number of rotatable bonds is 5. The van der Waals surface area contributed by atoms with Crippen molar-refractivity contribution in [2.45, 2.75) is 13.5 Å². The standard InChI is InChI=1S/C21H17N3O2S2/c1-13-8-9-14(20(25)22-12-15-5-4-10-27-15)11-17(13)23-21(26)19-16-6-2-3-7-18(16)28-24-19/h2-11H,12H2,1H3,(H,22,25)(H,23,26). The highest BCUT2D eigenvalue weighted by Crippen LogP contribution is 2.24. The van der Waals surface area contributed by atoms with Crippen LogP contribution in [0.4, 0.5) is 5.69 Å².